The molecule has 0 aliphatic carbocycles. The van der Waals surface area contributed by atoms with Gasteiger partial charge in [0.1, 0.15) is 0 Å². The highest BCUT2D eigenvalue weighted by molar-refractivity contribution is 6.30. The van der Waals surface area contributed by atoms with Crippen LogP contribution >= 0.6 is 11.6 Å². The van der Waals surface area contributed by atoms with Crippen molar-refractivity contribution in [1.29, 1.82) is 0 Å². The first-order valence-corrected chi connectivity index (χ1v) is 10.2. The van der Waals surface area contributed by atoms with Crippen molar-refractivity contribution >= 4 is 17.5 Å². The van der Waals surface area contributed by atoms with E-state index in [2.05, 4.69) is 29.2 Å². The second-order valence-electron chi connectivity index (χ2n) is 7.53. The Kier molecular flexibility index (Phi) is 6.55. The number of hydrogen-bond acceptors (Lipinski definition) is 3. The minimum Gasteiger partial charge on any atom is -0.350 e. The predicted molar refractivity (Wildman–Crippen MR) is 110 cm³/mol. The topological polar surface area (TPSA) is 50.2 Å². The number of nitrogens with zero attached hydrogens (tertiary/aromatic N) is 3. The summed E-state index contributed by atoms with van der Waals surface area (Å²) >= 11 is 6.10. The van der Waals surface area contributed by atoms with Gasteiger partial charge in [-0.3, -0.25) is 9.69 Å². The fourth-order valence-corrected chi connectivity index (χ4v) is 3.85. The van der Waals surface area contributed by atoms with Crippen LogP contribution in [0.25, 0.3) is 5.69 Å². The first-order chi connectivity index (χ1) is 13.0. The van der Waals surface area contributed by atoms with E-state index in [0.29, 0.717) is 23.2 Å². The quantitative estimate of drug-likeness (QED) is 0.815. The summed E-state index contributed by atoms with van der Waals surface area (Å²) in [6.07, 6.45) is 4.85. The number of amides is 1. The molecule has 1 saturated heterocycles. The fraction of sp³-hybridized carbons (Fsp3) is 0.524. The van der Waals surface area contributed by atoms with E-state index >= 15 is 0 Å². The lowest BCUT2D eigenvalue weighted by Gasteiger charge is -2.35. The molecule has 1 aliphatic rings. The molecular weight excluding hydrogens is 360 g/mol. The van der Waals surface area contributed by atoms with Gasteiger partial charge in [-0.2, -0.15) is 5.10 Å². The maximum Gasteiger partial charge on any atom is 0.254 e. The van der Waals surface area contributed by atoms with Crippen molar-refractivity contribution in [2.75, 3.05) is 19.6 Å². The van der Waals surface area contributed by atoms with Gasteiger partial charge in [-0.1, -0.05) is 31.5 Å². The third-order valence-corrected chi connectivity index (χ3v) is 5.74. The van der Waals surface area contributed by atoms with Crippen molar-refractivity contribution in [1.82, 2.24) is 20.0 Å². The molecule has 1 amide bonds. The molecule has 146 valence electrons. The molecule has 3 rings (SSSR count). The molecule has 1 aromatic heterocycles. The van der Waals surface area contributed by atoms with E-state index in [9.17, 15) is 4.79 Å². The lowest BCUT2D eigenvalue weighted by molar-refractivity contribution is 0.0921. The number of aromatic nitrogens is 2. The summed E-state index contributed by atoms with van der Waals surface area (Å²) in [6, 6.07) is 7.86. The Morgan fingerprint density at radius 2 is 2.11 bits per heavy atom. The van der Waals surface area contributed by atoms with Crippen LogP contribution in [0.1, 0.15) is 49.7 Å². The normalized spacial score (nSPS) is 17.0. The van der Waals surface area contributed by atoms with Gasteiger partial charge >= 0.3 is 0 Å². The van der Waals surface area contributed by atoms with E-state index in [0.717, 1.165) is 36.8 Å². The van der Waals surface area contributed by atoms with Crippen LogP contribution in [0.5, 0.6) is 0 Å². The number of carbonyl (C=O) groups excluding carboxylic acids is 1. The molecule has 0 saturated carbocycles. The zero-order valence-electron chi connectivity index (χ0n) is 16.4. The van der Waals surface area contributed by atoms with E-state index in [1.807, 2.05) is 31.2 Å². The first-order valence-electron chi connectivity index (χ1n) is 9.84. The number of likely N-dealkylation sites (tertiary alicyclic amines) is 1. The third-order valence-electron chi connectivity index (χ3n) is 5.50. The van der Waals surface area contributed by atoms with Crippen LogP contribution in [0, 0.1) is 5.92 Å². The zero-order chi connectivity index (χ0) is 19.4. The lowest BCUT2D eigenvalue weighted by atomic mass is 9.98. The van der Waals surface area contributed by atoms with Gasteiger partial charge < -0.3 is 5.32 Å². The number of halogens is 1. The van der Waals surface area contributed by atoms with Crippen LogP contribution in [0.4, 0.5) is 0 Å². The summed E-state index contributed by atoms with van der Waals surface area (Å²) in [5.41, 5.74) is 2.40. The summed E-state index contributed by atoms with van der Waals surface area (Å²) in [6.45, 7) is 9.42. The summed E-state index contributed by atoms with van der Waals surface area (Å²) in [5.74, 6) is 0.754. The minimum atomic E-state index is -0.0580. The van der Waals surface area contributed by atoms with Crippen LogP contribution in [0.2, 0.25) is 5.02 Å². The molecule has 0 spiro atoms. The zero-order valence-corrected chi connectivity index (χ0v) is 17.2. The van der Waals surface area contributed by atoms with Crippen molar-refractivity contribution in [2.45, 2.75) is 46.1 Å². The molecule has 1 aromatic carbocycles. The van der Waals surface area contributed by atoms with Crippen molar-refractivity contribution in [3.05, 3.63) is 46.7 Å². The van der Waals surface area contributed by atoms with Crippen LogP contribution in [-0.2, 0) is 6.42 Å². The molecule has 0 bridgehead atoms. The molecule has 1 fully saturated rings. The Labute approximate surface area is 166 Å². The lowest BCUT2D eigenvalue weighted by Crippen LogP contribution is -2.45. The van der Waals surface area contributed by atoms with Gasteiger partial charge in [0.25, 0.3) is 5.91 Å². The summed E-state index contributed by atoms with van der Waals surface area (Å²) in [5, 5.41) is 8.18. The molecule has 6 heteroatoms. The molecule has 27 heavy (non-hydrogen) atoms. The van der Waals surface area contributed by atoms with E-state index in [1.54, 1.807) is 10.9 Å². The minimum absolute atomic E-state index is 0.0580. The largest absolute Gasteiger partial charge is 0.350 e. The maximum absolute atomic E-state index is 12.8. The van der Waals surface area contributed by atoms with Crippen LogP contribution in [-0.4, -0.2) is 46.3 Å². The Hall–Kier alpha value is -1.85. The number of hydrogen-bond donors (Lipinski definition) is 1. The molecule has 1 N–H and O–H groups in total. The second-order valence-corrected chi connectivity index (χ2v) is 7.96. The van der Waals surface area contributed by atoms with Gasteiger partial charge in [-0.15, -0.1) is 0 Å². The number of carbonyl (C=O) groups is 1. The smallest absolute Gasteiger partial charge is 0.254 e. The summed E-state index contributed by atoms with van der Waals surface area (Å²) in [7, 11) is 0. The predicted octanol–water partition coefficient (Wildman–Crippen LogP) is 3.94. The van der Waals surface area contributed by atoms with Crippen molar-refractivity contribution in [3.63, 3.8) is 0 Å². The Balaban J connectivity index is 1.66. The van der Waals surface area contributed by atoms with E-state index in [1.165, 1.54) is 12.8 Å². The highest BCUT2D eigenvalue weighted by Crippen LogP contribution is 2.20. The van der Waals surface area contributed by atoms with Gasteiger partial charge in [0.15, 0.2) is 0 Å². The van der Waals surface area contributed by atoms with Crippen molar-refractivity contribution in [3.8, 4) is 5.69 Å². The van der Waals surface area contributed by atoms with Gasteiger partial charge in [0, 0.05) is 17.6 Å². The molecule has 1 unspecified atom stereocenters. The van der Waals surface area contributed by atoms with Gasteiger partial charge in [-0.25, -0.2) is 4.68 Å². The second kappa shape index (κ2) is 8.89. The number of piperidine rings is 1. The number of nitrogens with one attached hydrogen (secondary N) is 1. The Bertz CT molecular complexity index is 780. The van der Waals surface area contributed by atoms with Gasteiger partial charge in [-0.05, 0) is 63.4 Å². The third kappa shape index (κ3) is 4.71. The molecule has 0 radical (unpaired) electrons. The SMILES string of the molecule is CCc1c(C(=O)NCC(C)N2CCC(C)CC2)cnn1-c1cccc(Cl)c1. The van der Waals surface area contributed by atoms with E-state index in [-0.39, 0.29) is 5.91 Å². The highest BCUT2D eigenvalue weighted by Gasteiger charge is 2.22. The summed E-state index contributed by atoms with van der Waals surface area (Å²) in [4.78, 5) is 15.2. The standard InChI is InChI=1S/C21H29ClN4O/c1-4-20-19(14-24-26(20)18-7-5-6-17(22)12-18)21(27)23-13-16(3)25-10-8-15(2)9-11-25/h5-7,12,14-16H,4,8-11,13H2,1-3H3,(H,23,27). The molecule has 1 aliphatic heterocycles. The molecule has 2 heterocycles. The highest BCUT2D eigenvalue weighted by atomic mass is 35.5. The van der Waals surface area contributed by atoms with Gasteiger partial charge in [0.05, 0.1) is 23.1 Å². The van der Waals surface area contributed by atoms with Crippen LogP contribution in [0.3, 0.4) is 0 Å². The van der Waals surface area contributed by atoms with Gasteiger partial charge in [0.2, 0.25) is 0 Å². The molecule has 5 nitrogen and oxygen atoms in total. The molecular formula is C21H29ClN4O. The Morgan fingerprint density at radius 3 is 2.78 bits per heavy atom. The molecule has 2 aromatic rings. The van der Waals surface area contributed by atoms with E-state index < -0.39 is 0 Å². The summed E-state index contributed by atoms with van der Waals surface area (Å²) < 4.78 is 1.80. The first kappa shape index (κ1) is 19.9. The maximum atomic E-state index is 12.8. The number of rotatable bonds is 6. The van der Waals surface area contributed by atoms with E-state index in [4.69, 9.17) is 11.6 Å². The van der Waals surface area contributed by atoms with Crippen molar-refractivity contribution in [2.24, 2.45) is 5.92 Å². The fourth-order valence-electron chi connectivity index (χ4n) is 3.67. The van der Waals surface area contributed by atoms with Crippen molar-refractivity contribution < 1.29 is 4.79 Å². The van der Waals surface area contributed by atoms with Crippen LogP contribution < -0.4 is 5.32 Å². The number of benzene rings is 1. The average Bonchev–Trinajstić information content (AvgIpc) is 3.10. The Morgan fingerprint density at radius 1 is 1.37 bits per heavy atom. The molecule has 1 atom stereocenters. The van der Waals surface area contributed by atoms with Crippen LogP contribution in [0.15, 0.2) is 30.5 Å². The average molecular weight is 389 g/mol. The monoisotopic (exact) mass is 388 g/mol.